The molecular weight excluding hydrogens is 154 g/mol. The van der Waals surface area contributed by atoms with Gasteiger partial charge in [0.05, 0.1) is 0 Å². The lowest BCUT2D eigenvalue weighted by atomic mass is 9.83. The molecule has 0 saturated carbocycles. The Bertz CT molecular complexity index is 151. The van der Waals surface area contributed by atoms with Gasteiger partial charge in [-0.05, 0) is 39.8 Å². The number of ether oxygens (including phenoxy) is 1. The zero-order chi connectivity index (χ0) is 9.03. The summed E-state index contributed by atoms with van der Waals surface area (Å²) in [6.07, 6.45) is 2.20. The van der Waals surface area contributed by atoms with Crippen molar-refractivity contribution in [3.8, 4) is 0 Å². The quantitative estimate of drug-likeness (QED) is 0.642. The molecule has 1 saturated heterocycles. The van der Waals surface area contributed by atoms with Crippen LogP contribution in [0.1, 0.15) is 26.7 Å². The van der Waals surface area contributed by atoms with Crippen LogP contribution in [0.4, 0.5) is 0 Å². The summed E-state index contributed by atoms with van der Waals surface area (Å²) in [6.45, 7) is 6.60. The Kier molecular flexibility index (Phi) is 3.09. The van der Waals surface area contributed by atoms with Crippen LogP contribution in [0, 0.1) is 5.92 Å². The van der Waals surface area contributed by atoms with Gasteiger partial charge in [-0.1, -0.05) is 0 Å². The van der Waals surface area contributed by atoms with Crippen molar-refractivity contribution in [2.45, 2.75) is 32.3 Å². The Morgan fingerprint density at radius 2 is 2.00 bits per heavy atom. The fraction of sp³-hybridized carbons (Fsp3) is 0.889. The molecular formula is C9H17NO2. The van der Waals surface area contributed by atoms with Crippen LogP contribution in [0.2, 0.25) is 0 Å². The monoisotopic (exact) mass is 171 g/mol. The van der Waals surface area contributed by atoms with Gasteiger partial charge in [0.1, 0.15) is 5.60 Å². The lowest BCUT2D eigenvalue weighted by molar-refractivity contribution is -0.146. The second kappa shape index (κ2) is 3.90. The number of hydrogen-bond donors (Lipinski definition) is 1. The Balaban J connectivity index is 2.47. The van der Waals surface area contributed by atoms with Crippen LogP contribution in [-0.2, 0) is 9.53 Å². The molecule has 1 rings (SSSR count). The fourth-order valence-corrected chi connectivity index (χ4v) is 1.74. The van der Waals surface area contributed by atoms with Crippen LogP contribution < -0.4 is 5.32 Å². The summed E-state index contributed by atoms with van der Waals surface area (Å²) in [5.74, 6) is 0.504. The van der Waals surface area contributed by atoms with E-state index in [0.29, 0.717) is 12.4 Å². The minimum atomic E-state index is -0.288. The molecule has 1 heterocycles. The molecule has 1 fully saturated rings. The van der Waals surface area contributed by atoms with Gasteiger partial charge in [0.25, 0.3) is 6.47 Å². The SMILES string of the molecule is CC(C)(OC=O)C1CCNCC1. The highest BCUT2D eigenvalue weighted by atomic mass is 16.5. The maximum Gasteiger partial charge on any atom is 0.293 e. The van der Waals surface area contributed by atoms with Crippen molar-refractivity contribution in [2.24, 2.45) is 5.92 Å². The molecule has 1 aliphatic heterocycles. The highest BCUT2D eigenvalue weighted by Gasteiger charge is 2.31. The highest BCUT2D eigenvalue weighted by Crippen LogP contribution is 2.27. The largest absolute Gasteiger partial charge is 0.462 e. The molecule has 70 valence electrons. The van der Waals surface area contributed by atoms with E-state index in [1.54, 1.807) is 0 Å². The number of piperidine rings is 1. The minimum absolute atomic E-state index is 0.288. The Morgan fingerprint density at radius 1 is 1.42 bits per heavy atom. The zero-order valence-corrected chi connectivity index (χ0v) is 7.80. The van der Waals surface area contributed by atoms with Crippen LogP contribution in [-0.4, -0.2) is 25.2 Å². The number of nitrogens with one attached hydrogen (secondary N) is 1. The summed E-state index contributed by atoms with van der Waals surface area (Å²) in [5, 5.41) is 3.29. The average molecular weight is 171 g/mol. The van der Waals surface area contributed by atoms with Gasteiger partial charge < -0.3 is 10.1 Å². The van der Waals surface area contributed by atoms with Crippen molar-refractivity contribution in [3.05, 3.63) is 0 Å². The smallest absolute Gasteiger partial charge is 0.293 e. The first-order chi connectivity index (χ1) is 5.67. The summed E-state index contributed by atoms with van der Waals surface area (Å²) in [6, 6.07) is 0. The number of carbonyl (C=O) groups excluding carboxylic acids is 1. The van der Waals surface area contributed by atoms with Gasteiger partial charge in [-0.3, -0.25) is 4.79 Å². The minimum Gasteiger partial charge on any atom is -0.462 e. The van der Waals surface area contributed by atoms with Crippen molar-refractivity contribution < 1.29 is 9.53 Å². The van der Waals surface area contributed by atoms with Crippen molar-refractivity contribution in [3.63, 3.8) is 0 Å². The van der Waals surface area contributed by atoms with Gasteiger partial charge in [0.15, 0.2) is 0 Å². The van der Waals surface area contributed by atoms with Gasteiger partial charge in [0, 0.05) is 5.92 Å². The zero-order valence-electron chi connectivity index (χ0n) is 7.80. The maximum absolute atomic E-state index is 10.2. The molecule has 1 aliphatic rings. The summed E-state index contributed by atoms with van der Waals surface area (Å²) >= 11 is 0. The molecule has 0 aromatic heterocycles. The number of carbonyl (C=O) groups is 1. The Hall–Kier alpha value is -0.570. The van der Waals surface area contributed by atoms with Crippen molar-refractivity contribution >= 4 is 6.47 Å². The lowest BCUT2D eigenvalue weighted by Gasteiger charge is -2.35. The van der Waals surface area contributed by atoms with Gasteiger partial charge in [0.2, 0.25) is 0 Å². The second-order valence-corrected chi connectivity index (χ2v) is 3.84. The first-order valence-corrected chi connectivity index (χ1v) is 4.49. The van der Waals surface area contributed by atoms with Crippen molar-refractivity contribution in [2.75, 3.05) is 13.1 Å². The van der Waals surface area contributed by atoms with Crippen molar-refractivity contribution in [1.82, 2.24) is 5.32 Å². The van der Waals surface area contributed by atoms with E-state index < -0.39 is 0 Å². The van der Waals surface area contributed by atoms with Gasteiger partial charge in [-0.2, -0.15) is 0 Å². The van der Waals surface area contributed by atoms with E-state index in [4.69, 9.17) is 4.74 Å². The third-order valence-corrected chi connectivity index (χ3v) is 2.67. The predicted octanol–water partition coefficient (Wildman–Crippen LogP) is 0.938. The van der Waals surface area contributed by atoms with E-state index in [-0.39, 0.29) is 5.60 Å². The van der Waals surface area contributed by atoms with Gasteiger partial charge >= 0.3 is 0 Å². The molecule has 3 nitrogen and oxygen atoms in total. The number of rotatable bonds is 3. The van der Waals surface area contributed by atoms with Crippen LogP contribution in [0.25, 0.3) is 0 Å². The van der Waals surface area contributed by atoms with Crippen LogP contribution in [0.5, 0.6) is 0 Å². The van der Waals surface area contributed by atoms with E-state index in [1.165, 1.54) is 0 Å². The van der Waals surface area contributed by atoms with Gasteiger partial charge in [-0.25, -0.2) is 0 Å². The molecule has 0 radical (unpaired) electrons. The molecule has 0 amide bonds. The fourth-order valence-electron chi connectivity index (χ4n) is 1.74. The molecule has 3 heteroatoms. The normalized spacial score (nSPS) is 20.5. The van der Waals surface area contributed by atoms with E-state index in [0.717, 1.165) is 25.9 Å². The third kappa shape index (κ3) is 2.21. The first-order valence-electron chi connectivity index (χ1n) is 4.49. The first kappa shape index (κ1) is 9.52. The number of hydrogen-bond acceptors (Lipinski definition) is 3. The molecule has 0 aliphatic carbocycles. The summed E-state index contributed by atoms with van der Waals surface area (Å²) < 4.78 is 5.06. The third-order valence-electron chi connectivity index (χ3n) is 2.67. The summed E-state index contributed by atoms with van der Waals surface area (Å²) in [4.78, 5) is 10.2. The molecule has 0 bridgehead atoms. The van der Waals surface area contributed by atoms with Crippen molar-refractivity contribution in [1.29, 1.82) is 0 Å². The lowest BCUT2D eigenvalue weighted by Crippen LogP contribution is -2.41. The molecule has 0 atom stereocenters. The predicted molar refractivity (Wildman–Crippen MR) is 46.8 cm³/mol. The Morgan fingerprint density at radius 3 is 2.50 bits per heavy atom. The summed E-state index contributed by atoms with van der Waals surface area (Å²) in [5.41, 5.74) is -0.288. The van der Waals surface area contributed by atoms with Crippen LogP contribution >= 0.6 is 0 Å². The topological polar surface area (TPSA) is 38.3 Å². The summed E-state index contributed by atoms with van der Waals surface area (Å²) in [7, 11) is 0. The molecule has 0 aromatic carbocycles. The van der Waals surface area contributed by atoms with Crippen LogP contribution in [0.15, 0.2) is 0 Å². The standard InChI is InChI=1S/C9H17NO2/c1-9(2,12-7-11)8-3-5-10-6-4-8/h7-8,10H,3-6H2,1-2H3. The Labute approximate surface area is 73.5 Å². The molecule has 0 aromatic rings. The molecule has 12 heavy (non-hydrogen) atoms. The molecule has 0 spiro atoms. The van der Waals surface area contributed by atoms with E-state index in [1.807, 2.05) is 13.8 Å². The molecule has 1 N–H and O–H groups in total. The second-order valence-electron chi connectivity index (χ2n) is 3.84. The molecule has 0 unspecified atom stereocenters. The average Bonchev–Trinajstić information content (AvgIpc) is 2.06. The van der Waals surface area contributed by atoms with E-state index in [2.05, 4.69) is 5.32 Å². The van der Waals surface area contributed by atoms with Gasteiger partial charge in [-0.15, -0.1) is 0 Å². The van der Waals surface area contributed by atoms with Crippen LogP contribution in [0.3, 0.4) is 0 Å². The van der Waals surface area contributed by atoms with E-state index >= 15 is 0 Å². The maximum atomic E-state index is 10.2. The van der Waals surface area contributed by atoms with E-state index in [9.17, 15) is 4.79 Å². The highest BCUT2D eigenvalue weighted by molar-refractivity contribution is 5.38.